The van der Waals surface area contributed by atoms with Crippen molar-refractivity contribution in [2.24, 2.45) is 0 Å². The molecule has 0 fully saturated rings. The molecule has 1 atom stereocenters. The fourth-order valence-corrected chi connectivity index (χ4v) is 2.60. The van der Waals surface area contributed by atoms with Gasteiger partial charge in [0.1, 0.15) is 12.4 Å². The summed E-state index contributed by atoms with van der Waals surface area (Å²) in [4.78, 5) is 4.21. The van der Waals surface area contributed by atoms with Gasteiger partial charge in [0.2, 0.25) is 0 Å². The van der Waals surface area contributed by atoms with Gasteiger partial charge in [0, 0.05) is 6.20 Å². The third-order valence-corrected chi connectivity index (χ3v) is 3.93. The number of aromatic nitrogens is 1. The van der Waals surface area contributed by atoms with Crippen molar-refractivity contribution in [1.29, 1.82) is 0 Å². The van der Waals surface area contributed by atoms with Gasteiger partial charge in [0.25, 0.3) is 0 Å². The van der Waals surface area contributed by atoms with Gasteiger partial charge in [-0.2, -0.15) is 0 Å². The fourth-order valence-electron chi connectivity index (χ4n) is 2.60. The molecule has 0 aliphatic carbocycles. The lowest BCUT2D eigenvalue weighted by molar-refractivity contribution is 0.162. The number of benzene rings is 2. The summed E-state index contributed by atoms with van der Waals surface area (Å²) in [7, 11) is 0. The zero-order valence-electron chi connectivity index (χ0n) is 13.5. The first kappa shape index (κ1) is 16.2. The number of nitrogens with zero attached hydrogens (tertiary/aromatic N) is 1. The summed E-state index contributed by atoms with van der Waals surface area (Å²) in [5.74, 6) is 0.870. The average Bonchev–Trinajstić information content (AvgIpc) is 2.66. The van der Waals surface area contributed by atoms with Crippen molar-refractivity contribution in [1.82, 2.24) is 4.98 Å². The molecule has 0 spiro atoms. The van der Waals surface area contributed by atoms with Crippen LogP contribution in [0.4, 0.5) is 0 Å². The number of pyridine rings is 1. The van der Waals surface area contributed by atoms with E-state index in [4.69, 9.17) is 4.74 Å². The summed E-state index contributed by atoms with van der Waals surface area (Å²) < 4.78 is 5.96. The normalized spacial score (nSPS) is 11.9. The van der Waals surface area contributed by atoms with Crippen LogP contribution in [0.2, 0.25) is 0 Å². The van der Waals surface area contributed by atoms with E-state index in [-0.39, 0.29) is 0 Å². The second kappa shape index (κ2) is 8.27. The van der Waals surface area contributed by atoms with Crippen LogP contribution >= 0.6 is 0 Å². The van der Waals surface area contributed by atoms with E-state index in [2.05, 4.69) is 4.98 Å². The average molecular weight is 319 g/mol. The first-order valence-corrected chi connectivity index (χ1v) is 8.16. The van der Waals surface area contributed by atoms with Crippen molar-refractivity contribution in [3.05, 3.63) is 95.8 Å². The van der Waals surface area contributed by atoms with Crippen LogP contribution in [0.1, 0.15) is 29.3 Å². The summed E-state index contributed by atoms with van der Waals surface area (Å²) in [5.41, 5.74) is 2.95. The van der Waals surface area contributed by atoms with Gasteiger partial charge in [-0.25, -0.2) is 0 Å². The van der Waals surface area contributed by atoms with Gasteiger partial charge in [-0.15, -0.1) is 0 Å². The predicted octanol–water partition coefficient (Wildman–Crippen LogP) is 4.33. The van der Waals surface area contributed by atoms with Crippen molar-refractivity contribution < 1.29 is 9.84 Å². The summed E-state index contributed by atoms with van der Waals surface area (Å²) in [5, 5.41) is 10.3. The minimum Gasteiger partial charge on any atom is -0.489 e. The number of aliphatic hydroxyl groups is 1. The molecule has 0 aliphatic rings. The molecule has 0 saturated heterocycles. The Kier molecular flexibility index (Phi) is 5.59. The number of aliphatic hydroxyl groups excluding tert-OH is 1. The van der Waals surface area contributed by atoms with Crippen LogP contribution in [0.15, 0.2) is 79.0 Å². The minimum absolute atomic E-state index is 0.542. The zero-order valence-corrected chi connectivity index (χ0v) is 13.5. The number of hydrogen-bond acceptors (Lipinski definition) is 3. The number of hydrogen-bond donors (Lipinski definition) is 1. The number of aryl methyl sites for hydroxylation is 1. The summed E-state index contributed by atoms with van der Waals surface area (Å²) >= 11 is 0. The number of rotatable bonds is 7. The molecule has 3 aromatic rings. The highest BCUT2D eigenvalue weighted by Gasteiger charge is 2.11. The third kappa shape index (κ3) is 4.43. The van der Waals surface area contributed by atoms with Crippen molar-refractivity contribution in [2.75, 3.05) is 0 Å². The Morgan fingerprint density at radius 2 is 1.62 bits per heavy atom. The number of ether oxygens (including phenoxy) is 1. The Balaban J connectivity index is 1.61. The Morgan fingerprint density at radius 1 is 0.875 bits per heavy atom. The molecule has 0 radical (unpaired) electrons. The van der Waals surface area contributed by atoms with Crippen LogP contribution in [0.3, 0.4) is 0 Å². The lowest BCUT2D eigenvalue weighted by Crippen LogP contribution is -2.03. The molecule has 122 valence electrons. The van der Waals surface area contributed by atoms with Crippen LogP contribution in [0.5, 0.6) is 5.75 Å². The molecule has 0 aliphatic heterocycles. The maximum atomic E-state index is 10.3. The topological polar surface area (TPSA) is 42.4 Å². The van der Waals surface area contributed by atoms with Crippen LogP contribution in [-0.4, -0.2) is 10.1 Å². The van der Waals surface area contributed by atoms with E-state index in [0.717, 1.165) is 23.3 Å². The largest absolute Gasteiger partial charge is 0.489 e. The van der Waals surface area contributed by atoms with Crippen LogP contribution in [-0.2, 0) is 13.0 Å². The van der Waals surface area contributed by atoms with Gasteiger partial charge in [0.15, 0.2) is 0 Å². The highest BCUT2D eigenvalue weighted by atomic mass is 16.5. The van der Waals surface area contributed by atoms with Crippen LogP contribution in [0, 0.1) is 0 Å². The van der Waals surface area contributed by atoms with Crippen molar-refractivity contribution >= 4 is 0 Å². The minimum atomic E-state index is -0.562. The highest BCUT2D eigenvalue weighted by Crippen LogP contribution is 2.24. The Bertz CT molecular complexity index is 744. The molecule has 0 amide bonds. The maximum Gasteiger partial charge on any atom is 0.122 e. The molecule has 0 bridgehead atoms. The monoisotopic (exact) mass is 319 g/mol. The molecule has 3 rings (SSSR count). The lowest BCUT2D eigenvalue weighted by atomic mass is 10.0. The van der Waals surface area contributed by atoms with Crippen molar-refractivity contribution in [2.45, 2.75) is 25.6 Å². The van der Waals surface area contributed by atoms with Gasteiger partial charge < -0.3 is 9.84 Å². The van der Waals surface area contributed by atoms with Gasteiger partial charge in [-0.3, -0.25) is 4.98 Å². The summed E-state index contributed by atoms with van der Waals surface area (Å²) in [6.07, 6.45) is 2.49. The fraction of sp³-hybridized carbons (Fsp3) is 0.190. The lowest BCUT2D eigenvalue weighted by Gasteiger charge is -2.14. The molecule has 24 heavy (non-hydrogen) atoms. The van der Waals surface area contributed by atoms with E-state index in [0.29, 0.717) is 18.7 Å². The molecule has 3 nitrogen and oxygen atoms in total. The smallest absolute Gasteiger partial charge is 0.122 e. The standard InChI is InChI=1S/C21H21NO2/c23-20(19-11-6-7-15-22-19)14-13-18-10-4-5-12-21(18)24-16-17-8-2-1-3-9-17/h1-12,15,20,23H,13-14,16H2. The Hall–Kier alpha value is -2.65. The van der Waals surface area contributed by atoms with E-state index < -0.39 is 6.10 Å². The SMILES string of the molecule is OC(CCc1ccccc1OCc1ccccc1)c1ccccn1. The number of para-hydroxylation sites is 1. The molecule has 2 aromatic carbocycles. The van der Waals surface area contributed by atoms with E-state index in [9.17, 15) is 5.11 Å². The van der Waals surface area contributed by atoms with Crippen molar-refractivity contribution in [3.63, 3.8) is 0 Å². The van der Waals surface area contributed by atoms with E-state index >= 15 is 0 Å². The van der Waals surface area contributed by atoms with E-state index in [1.807, 2.05) is 72.8 Å². The summed E-state index contributed by atoms with van der Waals surface area (Å²) in [6.45, 7) is 0.542. The van der Waals surface area contributed by atoms with Gasteiger partial charge in [-0.1, -0.05) is 54.6 Å². The molecule has 1 heterocycles. The van der Waals surface area contributed by atoms with Crippen LogP contribution in [0.25, 0.3) is 0 Å². The predicted molar refractivity (Wildman–Crippen MR) is 94.7 cm³/mol. The van der Waals surface area contributed by atoms with Gasteiger partial charge >= 0.3 is 0 Å². The maximum absolute atomic E-state index is 10.3. The zero-order chi connectivity index (χ0) is 16.6. The Morgan fingerprint density at radius 3 is 2.42 bits per heavy atom. The Labute approximate surface area is 142 Å². The second-order valence-electron chi connectivity index (χ2n) is 5.69. The molecule has 3 heteroatoms. The molecular weight excluding hydrogens is 298 g/mol. The highest BCUT2D eigenvalue weighted by molar-refractivity contribution is 5.34. The van der Waals surface area contributed by atoms with Crippen molar-refractivity contribution in [3.8, 4) is 5.75 Å². The quantitative estimate of drug-likeness (QED) is 0.705. The second-order valence-corrected chi connectivity index (χ2v) is 5.69. The molecular formula is C21H21NO2. The molecule has 1 aromatic heterocycles. The third-order valence-electron chi connectivity index (χ3n) is 3.93. The molecule has 0 saturated carbocycles. The first-order valence-electron chi connectivity index (χ1n) is 8.16. The molecule has 1 N–H and O–H groups in total. The van der Waals surface area contributed by atoms with Gasteiger partial charge in [-0.05, 0) is 42.2 Å². The summed E-state index contributed by atoms with van der Waals surface area (Å²) in [6, 6.07) is 23.7. The first-order chi connectivity index (χ1) is 11.8. The van der Waals surface area contributed by atoms with Crippen LogP contribution < -0.4 is 4.74 Å². The van der Waals surface area contributed by atoms with E-state index in [1.54, 1.807) is 6.20 Å². The molecule has 1 unspecified atom stereocenters. The van der Waals surface area contributed by atoms with Gasteiger partial charge in [0.05, 0.1) is 11.8 Å². The van der Waals surface area contributed by atoms with E-state index in [1.165, 1.54) is 0 Å².